The Balaban J connectivity index is 1.73. The molecule has 0 fully saturated rings. The first-order valence-corrected chi connectivity index (χ1v) is 11.8. The predicted molar refractivity (Wildman–Crippen MR) is 137 cm³/mol. The van der Waals surface area contributed by atoms with Crippen LogP contribution in [0.2, 0.25) is 0 Å². The van der Waals surface area contributed by atoms with Gasteiger partial charge in [0.05, 0.1) is 25.3 Å². The van der Waals surface area contributed by atoms with Gasteiger partial charge >= 0.3 is 17.3 Å². The van der Waals surface area contributed by atoms with Gasteiger partial charge in [0.25, 0.3) is 0 Å². The molecule has 4 aromatic rings. The molecule has 1 atom stereocenters. The summed E-state index contributed by atoms with van der Waals surface area (Å²) in [6.45, 7) is 3.50. The van der Waals surface area contributed by atoms with Crippen LogP contribution in [0.3, 0.4) is 0 Å². The van der Waals surface area contributed by atoms with Gasteiger partial charge in [-0.15, -0.1) is 0 Å². The molecule has 0 aliphatic rings. The van der Waals surface area contributed by atoms with Crippen molar-refractivity contribution in [2.24, 2.45) is 10.9 Å². The van der Waals surface area contributed by atoms with E-state index in [1.807, 2.05) is 31.2 Å². The highest BCUT2D eigenvalue weighted by molar-refractivity contribution is 5.71. The maximum atomic E-state index is 13.4. The molecule has 2 aromatic carbocycles. The van der Waals surface area contributed by atoms with Gasteiger partial charge in [0.2, 0.25) is 17.4 Å². The molecule has 0 bridgehead atoms. The molecule has 2 heterocycles. The van der Waals surface area contributed by atoms with Gasteiger partial charge in [-0.3, -0.25) is 14.3 Å². The van der Waals surface area contributed by atoms with Gasteiger partial charge in [-0.1, -0.05) is 42.8 Å². The third-order valence-electron chi connectivity index (χ3n) is 5.69. The zero-order chi connectivity index (χ0) is 27.2. The zero-order valence-electron chi connectivity index (χ0n) is 21.1. The lowest BCUT2D eigenvalue weighted by atomic mass is 10.1. The molecule has 10 nitrogen and oxygen atoms in total. The van der Waals surface area contributed by atoms with Crippen LogP contribution < -0.4 is 21.7 Å². The summed E-state index contributed by atoms with van der Waals surface area (Å²) in [6, 6.07) is 18.3. The largest absolute Gasteiger partial charge is 0.469 e. The van der Waals surface area contributed by atoms with Crippen LogP contribution in [0.5, 0.6) is 11.6 Å². The van der Waals surface area contributed by atoms with Gasteiger partial charge in [-0.05, 0) is 42.8 Å². The Morgan fingerprint density at radius 1 is 1.05 bits per heavy atom. The Kier molecular flexibility index (Phi) is 7.95. The number of H-pyrrole nitrogens is 1. The second-order valence-corrected chi connectivity index (χ2v) is 8.65. The maximum absolute atomic E-state index is 13.4. The fraction of sp³-hybridized carbons (Fsp3) is 0.222. The molecule has 38 heavy (non-hydrogen) atoms. The molecule has 11 heteroatoms. The quantitative estimate of drug-likeness (QED) is 0.282. The monoisotopic (exact) mass is 519 g/mol. The van der Waals surface area contributed by atoms with Crippen molar-refractivity contribution in [2.75, 3.05) is 7.11 Å². The highest BCUT2D eigenvalue weighted by Gasteiger charge is 2.18. The van der Waals surface area contributed by atoms with Crippen molar-refractivity contribution in [3.8, 4) is 11.6 Å². The minimum absolute atomic E-state index is 0.0306. The first-order valence-electron chi connectivity index (χ1n) is 11.8. The van der Waals surface area contributed by atoms with Crippen LogP contribution in [-0.2, 0) is 22.6 Å². The summed E-state index contributed by atoms with van der Waals surface area (Å²) in [5.41, 5.74) is 1.01. The van der Waals surface area contributed by atoms with E-state index in [4.69, 9.17) is 9.47 Å². The topological polar surface area (TPSA) is 121 Å². The number of aromatic nitrogens is 4. The van der Waals surface area contributed by atoms with Crippen molar-refractivity contribution in [1.82, 2.24) is 19.1 Å². The minimum atomic E-state index is -0.713. The number of carbonyl (C=O) groups excluding carboxylic acids is 1. The highest BCUT2D eigenvalue weighted by atomic mass is 19.1. The molecule has 0 spiro atoms. The van der Waals surface area contributed by atoms with Crippen molar-refractivity contribution in [3.05, 3.63) is 110 Å². The summed E-state index contributed by atoms with van der Waals surface area (Å²) in [5, 5.41) is 0. The Labute approximate surface area is 216 Å². The highest BCUT2D eigenvalue weighted by Crippen LogP contribution is 2.22. The van der Waals surface area contributed by atoms with E-state index >= 15 is 0 Å². The van der Waals surface area contributed by atoms with E-state index in [1.54, 1.807) is 31.2 Å². The van der Waals surface area contributed by atoms with Crippen molar-refractivity contribution >= 4 is 11.7 Å². The molecule has 0 unspecified atom stereocenters. The standard InChI is InChI=1S/C27H26FN5O5/c1-17-7-9-19(10-8-17)16-32-25(31-26(35)33(27(32)36)15-18(2)24(34)37-3)29-20-11-13-21(14-12-20)38-23-6-4-5-22(28)30-23/h4-14,18H,15-16H2,1-3H3,(H,29,31,35)/t18-/m0/s1. The molecule has 2 aromatic heterocycles. The van der Waals surface area contributed by atoms with Gasteiger partial charge in [-0.2, -0.15) is 9.37 Å². The number of benzene rings is 2. The molecular weight excluding hydrogens is 493 g/mol. The third-order valence-corrected chi connectivity index (χ3v) is 5.69. The van der Waals surface area contributed by atoms with Gasteiger partial charge in [0.1, 0.15) is 5.75 Å². The number of nitrogens with one attached hydrogen (secondary N) is 1. The fourth-order valence-electron chi connectivity index (χ4n) is 3.65. The number of halogens is 1. The van der Waals surface area contributed by atoms with Crippen LogP contribution >= 0.6 is 0 Å². The molecule has 0 radical (unpaired) electrons. The van der Waals surface area contributed by atoms with Gasteiger partial charge in [0, 0.05) is 12.6 Å². The molecular formula is C27H26FN5O5. The number of carbonyl (C=O) groups is 1. The number of rotatable bonds is 8. The van der Waals surface area contributed by atoms with E-state index in [-0.39, 0.29) is 24.6 Å². The third kappa shape index (κ3) is 6.30. The van der Waals surface area contributed by atoms with E-state index in [2.05, 4.69) is 15.0 Å². The number of aryl methyl sites for hydroxylation is 1. The van der Waals surface area contributed by atoms with Crippen LogP contribution in [0.15, 0.2) is 81.3 Å². The Morgan fingerprint density at radius 3 is 2.42 bits per heavy atom. The molecule has 0 aliphatic carbocycles. The summed E-state index contributed by atoms with van der Waals surface area (Å²) in [6.07, 6.45) is 0. The number of methoxy groups -OCH3 is 1. The Hall–Kier alpha value is -4.80. The van der Waals surface area contributed by atoms with Crippen molar-refractivity contribution in [3.63, 3.8) is 0 Å². The molecule has 0 aliphatic heterocycles. The van der Waals surface area contributed by atoms with Crippen molar-refractivity contribution in [1.29, 1.82) is 0 Å². The fourth-order valence-corrected chi connectivity index (χ4v) is 3.65. The van der Waals surface area contributed by atoms with Crippen molar-refractivity contribution in [2.45, 2.75) is 26.9 Å². The number of nitrogens with zero attached hydrogens (tertiary/aromatic N) is 4. The van der Waals surface area contributed by atoms with Crippen LogP contribution in [0.4, 0.5) is 10.1 Å². The predicted octanol–water partition coefficient (Wildman–Crippen LogP) is 3.06. The molecule has 4 rings (SSSR count). The molecule has 196 valence electrons. The van der Waals surface area contributed by atoms with E-state index in [1.165, 1.54) is 29.9 Å². The van der Waals surface area contributed by atoms with Crippen LogP contribution in [0.1, 0.15) is 18.1 Å². The average molecular weight is 520 g/mol. The summed E-state index contributed by atoms with van der Waals surface area (Å²) < 4.78 is 25.9. The minimum Gasteiger partial charge on any atom is -0.469 e. The van der Waals surface area contributed by atoms with E-state index in [9.17, 15) is 18.8 Å². The summed E-state index contributed by atoms with van der Waals surface area (Å²) in [5.74, 6) is -1.41. The van der Waals surface area contributed by atoms with Crippen molar-refractivity contribution < 1.29 is 18.7 Å². The van der Waals surface area contributed by atoms with Gasteiger partial charge in [-0.25, -0.2) is 19.1 Å². The number of hydrogen-bond acceptors (Lipinski definition) is 7. The lowest BCUT2D eigenvalue weighted by Crippen LogP contribution is -2.51. The molecule has 0 saturated carbocycles. The second kappa shape index (κ2) is 11.5. The number of esters is 1. The normalized spacial score (nSPS) is 12.3. The first kappa shape index (κ1) is 26.3. The molecule has 0 saturated heterocycles. The summed E-state index contributed by atoms with van der Waals surface area (Å²) in [4.78, 5) is 49.0. The van der Waals surface area contributed by atoms with E-state index in [0.717, 1.165) is 15.7 Å². The lowest BCUT2D eigenvalue weighted by molar-refractivity contribution is -0.145. The average Bonchev–Trinajstić information content (AvgIpc) is 2.90. The number of hydrogen-bond donors (Lipinski definition) is 1. The van der Waals surface area contributed by atoms with E-state index < -0.39 is 29.2 Å². The first-order chi connectivity index (χ1) is 18.2. The van der Waals surface area contributed by atoms with E-state index in [0.29, 0.717) is 11.4 Å². The summed E-state index contributed by atoms with van der Waals surface area (Å²) in [7, 11) is 1.25. The zero-order valence-corrected chi connectivity index (χ0v) is 21.1. The smallest absolute Gasteiger partial charge is 0.335 e. The Morgan fingerprint density at radius 2 is 1.76 bits per heavy atom. The number of ether oxygens (including phenoxy) is 2. The van der Waals surface area contributed by atoms with Crippen LogP contribution in [0, 0.1) is 18.8 Å². The summed E-state index contributed by atoms with van der Waals surface area (Å²) >= 11 is 0. The SMILES string of the molecule is COC(=O)[C@@H](C)Cn1c(=O)[nH]/c(=N\c2ccc(Oc3cccc(F)n3)cc2)n(Cc2ccc(C)cc2)c1=O. The van der Waals surface area contributed by atoms with Crippen LogP contribution in [-0.4, -0.2) is 32.2 Å². The number of aromatic amines is 1. The van der Waals surface area contributed by atoms with Crippen LogP contribution in [0.25, 0.3) is 0 Å². The lowest BCUT2D eigenvalue weighted by Gasteiger charge is -2.14. The number of pyridine rings is 1. The second-order valence-electron chi connectivity index (χ2n) is 8.65. The van der Waals surface area contributed by atoms with Gasteiger partial charge < -0.3 is 9.47 Å². The maximum Gasteiger partial charge on any atom is 0.335 e. The van der Waals surface area contributed by atoms with Gasteiger partial charge in [0.15, 0.2) is 0 Å². The Bertz CT molecular complexity index is 1620. The molecule has 1 N–H and O–H groups in total. The molecule has 0 amide bonds.